The Labute approximate surface area is 107 Å². The maximum absolute atomic E-state index is 13.1. The fourth-order valence-electron chi connectivity index (χ4n) is 1.65. The molecule has 2 aromatic carbocycles. The van der Waals surface area contributed by atoms with Gasteiger partial charge < -0.3 is 5.73 Å². The van der Waals surface area contributed by atoms with E-state index in [9.17, 15) is 13.2 Å². The quantitative estimate of drug-likeness (QED) is 0.883. The van der Waals surface area contributed by atoms with Gasteiger partial charge in [0.05, 0.1) is 11.1 Å². The number of hydrogen-bond donors (Lipinski definition) is 1. The molecule has 0 amide bonds. The Hall–Kier alpha value is -1.52. The predicted molar refractivity (Wildman–Crippen MR) is 63.8 cm³/mol. The molecule has 5 heteroatoms. The van der Waals surface area contributed by atoms with E-state index in [4.69, 9.17) is 17.3 Å². The minimum Gasteiger partial charge on any atom is -0.320 e. The Balaban J connectivity index is 2.40. The number of nitrogens with two attached hydrogens (primary N) is 1. The molecule has 0 saturated carbocycles. The van der Waals surface area contributed by atoms with Crippen LogP contribution in [-0.2, 0) is 0 Å². The summed E-state index contributed by atoms with van der Waals surface area (Å²) in [6.45, 7) is 0. The van der Waals surface area contributed by atoms with Crippen molar-refractivity contribution in [3.63, 3.8) is 0 Å². The first kappa shape index (κ1) is 12.9. The summed E-state index contributed by atoms with van der Waals surface area (Å²) in [7, 11) is 0. The molecule has 0 bridgehead atoms. The van der Waals surface area contributed by atoms with Crippen LogP contribution in [0.1, 0.15) is 17.2 Å². The number of hydrogen-bond acceptors (Lipinski definition) is 1. The molecule has 2 rings (SSSR count). The Morgan fingerprint density at radius 3 is 2.06 bits per heavy atom. The Morgan fingerprint density at radius 2 is 1.50 bits per heavy atom. The molecule has 2 N–H and O–H groups in total. The van der Waals surface area contributed by atoms with E-state index < -0.39 is 23.5 Å². The highest BCUT2D eigenvalue weighted by molar-refractivity contribution is 6.30. The van der Waals surface area contributed by atoms with Crippen LogP contribution in [0.3, 0.4) is 0 Å². The van der Waals surface area contributed by atoms with Gasteiger partial charge in [-0.3, -0.25) is 0 Å². The van der Waals surface area contributed by atoms with Crippen LogP contribution in [0.4, 0.5) is 13.2 Å². The van der Waals surface area contributed by atoms with Crippen LogP contribution in [0.5, 0.6) is 0 Å². The van der Waals surface area contributed by atoms with E-state index in [0.717, 1.165) is 24.3 Å². The van der Waals surface area contributed by atoms with Crippen LogP contribution in [0.25, 0.3) is 0 Å². The van der Waals surface area contributed by atoms with E-state index in [1.165, 1.54) is 12.1 Å². The first-order valence-electron chi connectivity index (χ1n) is 5.14. The molecule has 2 aromatic rings. The van der Waals surface area contributed by atoms with Crippen molar-refractivity contribution in [3.8, 4) is 0 Å². The molecule has 0 aliphatic heterocycles. The molecule has 0 aliphatic rings. The standard InChI is InChI=1S/C13H9ClF3N/c14-11-5-7(1-2-12(11)17)13(18)8-3-9(15)6-10(16)4-8/h1-6,13H,18H2. The molecule has 1 atom stereocenters. The molecule has 1 nitrogen and oxygen atoms in total. The van der Waals surface area contributed by atoms with Crippen molar-refractivity contribution in [2.45, 2.75) is 6.04 Å². The first-order valence-corrected chi connectivity index (χ1v) is 5.51. The smallest absolute Gasteiger partial charge is 0.141 e. The molecule has 0 saturated heterocycles. The number of benzene rings is 2. The summed E-state index contributed by atoms with van der Waals surface area (Å²) in [5, 5.41) is -0.0835. The molecule has 94 valence electrons. The number of halogens is 4. The van der Waals surface area contributed by atoms with Gasteiger partial charge >= 0.3 is 0 Å². The zero-order valence-corrected chi connectivity index (χ0v) is 9.89. The van der Waals surface area contributed by atoms with E-state index in [-0.39, 0.29) is 10.6 Å². The Bertz CT molecular complexity index is 566. The maximum atomic E-state index is 13.1. The van der Waals surface area contributed by atoms with Crippen molar-refractivity contribution in [1.82, 2.24) is 0 Å². The highest BCUT2D eigenvalue weighted by atomic mass is 35.5. The monoisotopic (exact) mass is 271 g/mol. The van der Waals surface area contributed by atoms with E-state index >= 15 is 0 Å². The van der Waals surface area contributed by atoms with Gasteiger partial charge in [-0.15, -0.1) is 0 Å². The molecule has 18 heavy (non-hydrogen) atoms. The van der Waals surface area contributed by atoms with E-state index in [1.54, 1.807) is 0 Å². The van der Waals surface area contributed by atoms with Gasteiger partial charge in [-0.2, -0.15) is 0 Å². The van der Waals surface area contributed by atoms with Crippen LogP contribution < -0.4 is 5.73 Å². The van der Waals surface area contributed by atoms with Gasteiger partial charge in [-0.1, -0.05) is 17.7 Å². The second kappa shape index (κ2) is 5.00. The Kier molecular flexibility index (Phi) is 3.59. The molecular weight excluding hydrogens is 263 g/mol. The van der Waals surface area contributed by atoms with Gasteiger partial charge in [0.1, 0.15) is 17.5 Å². The van der Waals surface area contributed by atoms with Gasteiger partial charge in [0, 0.05) is 6.07 Å². The highest BCUT2D eigenvalue weighted by Crippen LogP contribution is 2.25. The third kappa shape index (κ3) is 2.66. The van der Waals surface area contributed by atoms with Gasteiger partial charge in [0.15, 0.2) is 0 Å². The fourth-order valence-corrected chi connectivity index (χ4v) is 1.84. The van der Waals surface area contributed by atoms with E-state index in [2.05, 4.69) is 0 Å². The third-order valence-corrected chi connectivity index (χ3v) is 2.84. The minimum atomic E-state index is -0.770. The van der Waals surface area contributed by atoms with Gasteiger partial charge in [-0.05, 0) is 35.4 Å². The lowest BCUT2D eigenvalue weighted by molar-refractivity contribution is 0.577. The van der Waals surface area contributed by atoms with Crippen molar-refractivity contribution in [3.05, 3.63) is 70.0 Å². The minimum absolute atomic E-state index is 0.0835. The molecule has 0 spiro atoms. The van der Waals surface area contributed by atoms with Crippen LogP contribution in [-0.4, -0.2) is 0 Å². The normalized spacial score (nSPS) is 12.5. The topological polar surface area (TPSA) is 26.0 Å². The molecule has 0 heterocycles. The zero-order chi connectivity index (χ0) is 13.3. The maximum Gasteiger partial charge on any atom is 0.141 e. The van der Waals surface area contributed by atoms with Crippen molar-refractivity contribution in [2.75, 3.05) is 0 Å². The summed E-state index contributed by atoms with van der Waals surface area (Å²) < 4.78 is 39.1. The largest absolute Gasteiger partial charge is 0.320 e. The SMILES string of the molecule is NC(c1cc(F)cc(F)c1)c1ccc(F)c(Cl)c1. The molecule has 0 fully saturated rings. The fraction of sp³-hybridized carbons (Fsp3) is 0.0769. The second-order valence-corrected chi connectivity index (χ2v) is 4.26. The van der Waals surface area contributed by atoms with E-state index in [0.29, 0.717) is 5.56 Å². The average Bonchev–Trinajstić information content (AvgIpc) is 2.30. The third-order valence-electron chi connectivity index (χ3n) is 2.55. The molecule has 1 unspecified atom stereocenters. The van der Waals surface area contributed by atoms with Gasteiger partial charge in [0.2, 0.25) is 0 Å². The van der Waals surface area contributed by atoms with Crippen molar-refractivity contribution < 1.29 is 13.2 Å². The van der Waals surface area contributed by atoms with Crippen LogP contribution in [0.2, 0.25) is 5.02 Å². The summed E-state index contributed by atoms with van der Waals surface area (Å²) in [6.07, 6.45) is 0. The zero-order valence-electron chi connectivity index (χ0n) is 9.13. The van der Waals surface area contributed by atoms with Crippen LogP contribution in [0, 0.1) is 17.5 Å². The lowest BCUT2D eigenvalue weighted by Crippen LogP contribution is -2.12. The van der Waals surface area contributed by atoms with Crippen LogP contribution >= 0.6 is 11.6 Å². The second-order valence-electron chi connectivity index (χ2n) is 3.85. The van der Waals surface area contributed by atoms with E-state index in [1.807, 2.05) is 0 Å². The Morgan fingerprint density at radius 1 is 0.889 bits per heavy atom. The molecule has 0 radical (unpaired) electrons. The molecule has 0 aromatic heterocycles. The van der Waals surface area contributed by atoms with Crippen LogP contribution in [0.15, 0.2) is 36.4 Å². The van der Waals surface area contributed by atoms with Gasteiger partial charge in [-0.25, -0.2) is 13.2 Å². The first-order chi connectivity index (χ1) is 8.47. The van der Waals surface area contributed by atoms with Crippen molar-refractivity contribution in [2.24, 2.45) is 5.73 Å². The predicted octanol–water partition coefficient (Wildman–Crippen LogP) is 3.81. The summed E-state index contributed by atoms with van der Waals surface area (Å²) in [6, 6.07) is 6.17. The highest BCUT2D eigenvalue weighted by Gasteiger charge is 2.13. The van der Waals surface area contributed by atoms with Crippen molar-refractivity contribution in [1.29, 1.82) is 0 Å². The molecule has 0 aliphatic carbocycles. The average molecular weight is 272 g/mol. The van der Waals surface area contributed by atoms with Crippen molar-refractivity contribution >= 4 is 11.6 Å². The number of rotatable bonds is 2. The van der Waals surface area contributed by atoms with Gasteiger partial charge in [0.25, 0.3) is 0 Å². The lowest BCUT2D eigenvalue weighted by Gasteiger charge is -2.13. The summed E-state index contributed by atoms with van der Waals surface area (Å²) in [5.41, 5.74) is 6.60. The summed E-state index contributed by atoms with van der Waals surface area (Å²) in [4.78, 5) is 0. The summed E-state index contributed by atoms with van der Waals surface area (Å²) in [5.74, 6) is -2.00. The molecular formula is C13H9ClF3N. The lowest BCUT2D eigenvalue weighted by atomic mass is 9.99. The summed E-state index contributed by atoms with van der Waals surface area (Å²) >= 11 is 5.63.